The van der Waals surface area contributed by atoms with Gasteiger partial charge in [0.2, 0.25) is 0 Å². The molecule has 10 aromatic rings. The number of furan rings is 2. The van der Waals surface area contributed by atoms with Crippen molar-refractivity contribution in [2.75, 3.05) is 0 Å². The molecule has 0 saturated carbocycles. The summed E-state index contributed by atoms with van der Waals surface area (Å²) < 4.78 is 13.1. The van der Waals surface area contributed by atoms with Gasteiger partial charge in [-0.15, -0.1) is 0 Å². The van der Waals surface area contributed by atoms with Gasteiger partial charge in [0, 0.05) is 38.2 Å². The smallest absolute Gasteiger partial charge is 0.164 e. The Morgan fingerprint density at radius 1 is 0.312 bits per heavy atom. The van der Waals surface area contributed by atoms with Crippen LogP contribution in [-0.4, -0.2) is 15.0 Å². The van der Waals surface area contributed by atoms with Crippen molar-refractivity contribution in [1.82, 2.24) is 15.0 Å². The van der Waals surface area contributed by atoms with E-state index in [4.69, 9.17) is 23.8 Å². The van der Waals surface area contributed by atoms with Crippen LogP contribution in [0.5, 0.6) is 0 Å². The van der Waals surface area contributed by atoms with Crippen molar-refractivity contribution in [2.45, 2.75) is 0 Å². The number of hydrogen-bond acceptors (Lipinski definition) is 5. The lowest BCUT2D eigenvalue weighted by Gasteiger charge is -2.13. The highest BCUT2D eigenvalue weighted by molar-refractivity contribution is 6.24. The van der Waals surface area contributed by atoms with E-state index in [-0.39, 0.29) is 0 Å². The van der Waals surface area contributed by atoms with E-state index < -0.39 is 0 Å². The van der Waals surface area contributed by atoms with E-state index >= 15 is 0 Å². The van der Waals surface area contributed by atoms with Crippen molar-refractivity contribution in [2.24, 2.45) is 0 Å². The molecule has 0 amide bonds. The standard InChI is InChI=1S/C43H25N3O2/c1-3-13-26(14-4-1)41-44-42(27-15-5-2-6-16-27)46-43(45-41)28-23-34(40-32-20-10-12-22-36(32)47-37(40)24-28)33-25-38-39(30-18-8-7-17-29(30)33)31-19-9-11-21-35(31)48-38/h1-25H. The summed E-state index contributed by atoms with van der Waals surface area (Å²) in [5.41, 5.74) is 8.05. The van der Waals surface area contributed by atoms with Crippen LogP contribution in [0.1, 0.15) is 0 Å². The fourth-order valence-corrected chi connectivity index (χ4v) is 6.95. The minimum absolute atomic E-state index is 0.570. The third-order valence-electron chi connectivity index (χ3n) is 9.11. The minimum Gasteiger partial charge on any atom is -0.456 e. The zero-order chi connectivity index (χ0) is 31.6. The summed E-state index contributed by atoms with van der Waals surface area (Å²) in [4.78, 5) is 15.0. The van der Waals surface area contributed by atoms with Gasteiger partial charge in [0.1, 0.15) is 22.3 Å². The first-order chi connectivity index (χ1) is 23.8. The first kappa shape index (κ1) is 26.6. The molecule has 10 rings (SSSR count). The van der Waals surface area contributed by atoms with Gasteiger partial charge in [-0.1, -0.05) is 121 Å². The quantitative estimate of drug-likeness (QED) is 0.197. The van der Waals surface area contributed by atoms with E-state index in [9.17, 15) is 0 Å². The predicted molar refractivity (Wildman–Crippen MR) is 194 cm³/mol. The number of hydrogen-bond donors (Lipinski definition) is 0. The van der Waals surface area contributed by atoms with Crippen molar-refractivity contribution in [3.8, 4) is 45.3 Å². The number of aromatic nitrogens is 3. The van der Waals surface area contributed by atoms with Crippen LogP contribution in [0.4, 0.5) is 0 Å². The molecule has 0 fully saturated rings. The molecule has 0 bridgehead atoms. The van der Waals surface area contributed by atoms with Crippen LogP contribution in [0.3, 0.4) is 0 Å². The Morgan fingerprint density at radius 2 is 0.771 bits per heavy atom. The van der Waals surface area contributed by atoms with Crippen molar-refractivity contribution in [1.29, 1.82) is 0 Å². The zero-order valence-electron chi connectivity index (χ0n) is 25.6. The Bertz CT molecular complexity index is 2780. The normalized spacial score (nSPS) is 11.8. The van der Waals surface area contributed by atoms with E-state index in [2.05, 4.69) is 66.7 Å². The molecular weight excluding hydrogens is 590 g/mol. The molecule has 7 aromatic carbocycles. The van der Waals surface area contributed by atoms with Crippen molar-refractivity contribution in [3.05, 3.63) is 152 Å². The third-order valence-corrected chi connectivity index (χ3v) is 9.11. The van der Waals surface area contributed by atoms with Gasteiger partial charge in [0.05, 0.1) is 0 Å². The highest BCUT2D eigenvalue weighted by Crippen LogP contribution is 2.45. The molecule has 0 unspecified atom stereocenters. The maximum absolute atomic E-state index is 6.56. The molecule has 3 heterocycles. The van der Waals surface area contributed by atoms with Gasteiger partial charge < -0.3 is 8.83 Å². The molecule has 224 valence electrons. The number of benzene rings is 7. The zero-order valence-corrected chi connectivity index (χ0v) is 25.6. The first-order valence-electron chi connectivity index (χ1n) is 15.9. The number of para-hydroxylation sites is 2. The molecule has 0 aliphatic heterocycles. The average Bonchev–Trinajstić information content (AvgIpc) is 3.73. The molecule has 0 radical (unpaired) electrons. The van der Waals surface area contributed by atoms with Gasteiger partial charge in [0.15, 0.2) is 17.5 Å². The Kier molecular flexibility index (Phi) is 5.81. The van der Waals surface area contributed by atoms with E-state index in [0.29, 0.717) is 17.5 Å². The van der Waals surface area contributed by atoms with Gasteiger partial charge in [-0.2, -0.15) is 0 Å². The van der Waals surface area contributed by atoms with Gasteiger partial charge in [-0.05, 0) is 52.2 Å². The van der Waals surface area contributed by atoms with Gasteiger partial charge >= 0.3 is 0 Å². The second-order valence-corrected chi connectivity index (χ2v) is 12.0. The van der Waals surface area contributed by atoms with Crippen LogP contribution in [0.25, 0.3) is 99.9 Å². The monoisotopic (exact) mass is 615 g/mol. The Hall–Kier alpha value is -6.59. The molecule has 3 aromatic heterocycles. The van der Waals surface area contributed by atoms with E-state index in [1.54, 1.807) is 0 Å². The molecule has 48 heavy (non-hydrogen) atoms. The molecule has 0 atom stereocenters. The van der Waals surface area contributed by atoms with Crippen LogP contribution in [-0.2, 0) is 0 Å². The summed E-state index contributed by atoms with van der Waals surface area (Å²) in [6.45, 7) is 0. The van der Waals surface area contributed by atoms with Crippen LogP contribution in [0.2, 0.25) is 0 Å². The number of fused-ring (bicyclic) bond motifs is 8. The lowest BCUT2D eigenvalue weighted by molar-refractivity contribution is 0.668. The Morgan fingerprint density at radius 3 is 1.38 bits per heavy atom. The summed E-state index contributed by atoms with van der Waals surface area (Å²) in [5.74, 6) is 1.79. The summed E-state index contributed by atoms with van der Waals surface area (Å²) in [7, 11) is 0. The molecule has 0 spiro atoms. The summed E-state index contributed by atoms with van der Waals surface area (Å²) in [5, 5.41) is 6.58. The Labute approximate surface area is 274 Å². The second-order valence-electron chi connectivity index (χ2n) is 12.0. The molecule has 0 saturated heterocycles. The maximum Gasteiger partial charge on any atom is 0.164 e. The van der Waals surface area contributed by atoms with E-state index in [0.717, 1.165) is 82.5 Å². The van der Waals surface area contributed by atoms with Gasteiger partial charge in [0.25, 0.3) is 0 Å². The highest BCUT2D eigenvalue weighted by Gasteiger charge is 2.21. The molecule has 5 nitrogen and oxygen atoms in total. The molecule has 0 aliphatic rings. The topological polar surface area (TPSA) is 65.0 Å². The Balaban J connectivity index is 1.30. The van der Waals surface area contributed by atoms with E-state index in [1.807, 2.05) is 84.9 Å². The van der Waals surface area contributed by atoms with Crippen LogP contribution >= 0.6 is 0 Å². The maximum atomic E-state index is 6.56. The van der Waals surface area contributed by atoms with Crippen molar-refractivity contribution < 1.29 is 8.83 Å². The molecule has 0 N–H and O–H groups in total. The molecular formula is C43H25N3O2. The van der Waals surface area contributed by atoms with Gasteiger partial charge in [-0.25, -0.2) is 15.0 Å². The largest absolute Gasteiger partial charge is 0.456 e. The first-order valence-corrected chi connectivity index (χ1v) is 15.9. The lowest BCUT2D eigenvalue weighted by atomic mass is 9.91. The minimum atomic E-state index is 0.570. The van der Waals surface area contributed by atoms with Crippen molar-refractivity contribution in [3.63, 3.8) is 0 Å². The summed E-state index contributed by atoms with van der Waals surface area (Å²) in [6.07, 6.45) is 0. The second kappa shape index (κ2) is 10.5. The summed E-state index contributed by atoms with van der Waals surface area (Å²) in [6, 6.07) is 51.5. The van der Waals surface area contributed by atoms with E-state index in [1.165, 1.54) is 0 Å². The highest BCUT2D eigenvalue weighted by atomic mass is 16.3. The number of rotatable bonds is 4. The van der Waals surface area contributed by atoms with Crippen LogP contribution < -0.4 is 0 Å². The van der Waals surface area contributed by atoms with Gasteiger partial charge in [-0.3, -0.25) is 0 Å². The molecule has 5 heteroatoms. The fourth-order valence-electron chi connectivity index (χ4n) is 6.95. The van der Waals surface area contributed by atoms with Crippen molar-refractivity contribution >= 4 is 54.6 Å². The summed E-state index contributed by atoms with van der Waals surface area (Å²) >= 11 is 0. The number of nitrogens with zero attached hydrogens (tertiary/aromatic N) is 3. The van der Waals surface area contributed by atoms with Crippen LogP contribution in [0, 0.1) is 0 Å². The third kappa shape index (κ3) is 4.15. The molecule has 0 aliphatic carbocycles. The lowest BCUT2D eigenvalue weighted by Crippen LogP contribution is -2.00. The SMILES string of the molecule is c1ccc(-c2nc(-c3ccccc3)nc(-c3cc(-c4cc5oc6ccccc6c5c5ccccc45)c4c(c3)oc3ccccc34)n2)cc1. The predicted octanol–water partition coefficient (Wildman–Crippen LogP) is 11.5. The fraction of sp³-hybridized carbons (Fsp3) is 0. The average molecular weight is 616 g/mol. The van der Waals surface area contributed by atoms with Crippen LogP contribution in [0.15, 0.2) is 160 Å².